The smallest absolute Gasteiger partial charge is 0.132 e. The predicted molar refractivity (Wildman–Crippen MR) is 49.8 cm³/mol. The summed E-state index contributed by atoms with van der Waals surface area (Å²) in [6.45, 7) is 0. The van der Waals surface area contributed by atoms with Crippen LogP contribution >= 0.6 is 24.2 Å². The molecule has 0 atom stereocenters. The number of ether oxygens (including phenoxy) is 1. The highest BCUT2D eigenvalue weighted by Crippen LogP contribution is 2.23. The lowest BCUT2D eigenvalue weighted by molar-refractivity contribution is 0.404. The summed E-state index contributed by atoms with van der Waals surface area (Å²) in [5, 5.41) is 0. The van der Waals surface area contributed by atoms with Gasteiger partial charge in [-0.2, -0.15) is 0 Å². The fourth-order valence-electron chi connectivity index (χ4n) is 0.805. The molecule has 1 rings (SSSR count). The Hall–Kier alpha value is -0.340. The quantitative estimate of drug-likeness (QED) is 0.555. The maximum Gasteiger partial charge on any atom is 0.132 e. The lowest BCUT2D eigenvalue weighted by Crippen LogP contribution is -1.86. The van der Waals surface area contributed by atoms with Crippen molar-refractivity contribution in [3.8, 4) is 5.75 Å². The van der Waals surface area contributed by atoms with Gasteiger partial charge >= 0.3 is 0 Å². The molecule has 3 heteroatoms. The van der Waals surface area contributed by atoms with Crippen LogP contribution in [-0.4, -0.2) is 7.11 Å². The van der Waals surface area contributed by atoms with E-state index in [0.29, 0.717) is 5.88 Å². The van der Waals surface area contributed by atoms with E-state index in [2.05, 4.69) is 12.6 Å². The van der Waals surface area contributed by atoms with Crippen molar-refractivity contribution >= 4 is 24.2 Å². The molecule has 1 nitrogen and oxygen atoms in total. The third kappa shape index (κ3) is 2.04. The minimum Gasteiger partial charge on any atom is -0.496 e. The molecule has 0 aliphatic heterocycles. The standard InChI is InChI=1S/C8H9ClOS/c1-10-7-4-6(5-9)2-3-8(7)11/h2-4,11H,5H2,1H3. The third-order valence-electron chi connectivity index (χ3n) is 1.40. The van der Waals surface area contributed by atoms with E-state index >= 15 is 0 Å². The zero-order chi connectivity index (χ0) is 8.27. The summed E-state index contributed by atoms with van der Waals surface area (Å²) < 4.78 is 5.05. The van der Waals surface area contributed by atoms with Crippen LogP contribution in [-0.2, 0) is 5.88 Å². The highest BCUT2D eigenvalue weighted by atomic mass is 35.5. The molecule has 0 aliphatic rings. The summed E-state index contributed by atoms with van der Waals surface area (Å²) in [6, 6.07) is 5.69. The molecule has 0 unspecified atom stereocenters. The summed E-state index contributed by atoms with van der Waals surface area (Å²) in [5.41, 5.74) is 1.04. The monoisotopic (exact) mass is 188 g/mol. The van der Waals surface area contributed by atoms with Crippen LogP contribution in [0.3, 0.4) is 0 Å². The number of halogens is 1. The second-order valence-electron chi connectivity index (χ2n) is 2.14. The number of rotatable bonds is 2. The van der Waals surface area contributed by atoms with Gasteiger partial charge in [-0.3, -0.25) is 0 Å². The Balaban J connectivity index is 3.02. The molecule has 0 radical (unpaired) electrons. The van der Waals surface area contributed by atoms with Gasteiger partial charge in [-0.15, -0.1) is 24.2 Å². The number of methoxy groups -OCH3 is 1. The lowest BCUT2D eigenvalue weighted by atomic mass is 10.2. The molecule has 0 aromatic heterocycles. The summed E-state index contributed by atoms with van der Waals surface area (Å²) in [5.74, 6) is 1.27. The Morgan fingerprint density at radius 3 is 2.82 bits per heavy atom. The first-order valence-electron chi connectivity index (χ1n) is 3.19. The minimum atomic E-state index is 0.504. The minimum absolute atomic E-state index is 0.504. The molecule has 0 spiro atoms. The van der Waals surface area contributed by atoms with Gasteiger partial charge in [0.15, 0.2) is 0 Å². The van der Waals surface area contributed by atoms with E-state index in [-0.39, 0.29) is 0 Å². The van der Waals surface area contributed by atoms with Crippen LogP contribution in [0, 0.1) is 0 Å². The Morgan fingerprint density at radius 2 is 2.27 bits per heavy atom. The van der Waals surface area contributed by atoms with Gasteiger partial charge in [0.2, 0.25) is 0 Å². The maximum atomic E-state index is 5.63. The number of alkyl halides is 1. The zero-order valence-electron chi connectivity index (χ0n) is 6.17. The molecule has 60 valence electrons. The zero-order valence-corrected chi connectivity index (χ0v) is 7.82. The van der Waals surface area contributed by atoms with Gasteiger partial charge in [0.1, 0.15) is 5.75 Å². The van der Waals surface area contributed by atoms with Crippen molar-refractivity contribution in [2.24, 2.45) is 0 Å². The van der Waals surface area contributed by atoms with Gasteiger partial charge in [0.25, 0.3) is 0 Å². The van der Waals surface area contributed by atoms with Crippen molar-refractivity contribution in [3.63, 3.8) is 0 Å². The van der Waals surface area contributed by atoms with Crippen LogP contribution in [0.25, 0.3) is 0 Å². The third-order valence-corrected chi connectivity index (χ3v) is 2.08. The average molecular weight is 189 g/mol. The Morgan fingerprint density at radius 1 is 1.55 bits per heavy atom. The van der Waals surface area contributed by atoms with E-state index in [4.69, 9.17) is 16.3 Å². The Labute approximate surface area is 76.7 Å². The summed E-state index contributed by atoms with van der Waals surface area (Å²) >= 11 is 9.82. The molecule has 0 fully saturated rings. The van der Waals surface area contributed by atoms with Crippen LogP contribution in [0.1, 0.15) is 5.56 Å². The highest BCUT2D eigenvalue weighted by molar-refractivity contribution is 7.80. The fraction of sp³-hybridized carbons (Fsp3) is 0.250. The van der Waals surface area contributed by atoms with Gasteiger partial charge in [-0.05, 0) is 17.7 Å². The SMILES string of the molecule is COc1cc(CCl)ccc1S. The first kappa shape index (κ1) is 8.75. The summed E-state index contributed by atoms with van der Waals surface area (Å²) in [7, 11) is 1.62. The van der Waals surface area contributed by atoms with Crippen molar-refractivity contribution in [2.45, 2.75) is 10.8 Å². The van der Waals surface area contributed by atoms with E-state index in [1.807, 2.05) is 18.2 Å². The van der Waals surface area contributed by atoms with Gasteiger partial charge < -0.3 is 4.74 Å². The van der Waals surface area contributed by atoms with Crippen molar-refractivity contribution in [2.75, 3.05) is 7.11 Å². The van der Waals surface area contributed by atoms with Crippen molar-refractivity contribution < 1.29 is 4.74 Å². The molecule has 0 saturated carbocycles. The summed E-state index contributed by atoms with van der Waals surface area (Å²) in [6.07, 6.45) is 0. The van der Waals surface area contributed by atoms with Gasteiger partial charge in [-0.25, -0.2) is 0 Å². The second kappa shape index (κ2) is 3.88. The van der Waals surface area contributed by atoms with Crippen LogP contribution in [0.2, 0.25) is 0 Å². The maximum absolute atomic E-state index is 5.63. The van der Waals surface area contributed by atoms with Crippen molar-refractivity contribution in [3.05, 3.63) is 23.8 Å². The Kier molecular flexibility index (Phi) is 3.09. The van der Waals surface area contributed by atoms with E-state index in [0.717, 1.165) is 16.2 Å². The lowest BCUT2D eigenvalue weighted by Gasteiger charge is -2.04. The van der Waals surface area contributed by atoms with Gasteiger partial charge in [0.05, 0.1) is 7.11 Å². The van der Waals surface area contributed by atoms with Crippen molar-refractivity contribution in [1.82, 2.24) is 0 Å². The first-order chi connectivity index (χ1) is 5.27. The molecule has 0 N–H and O–H groups in total. The molecule has 0 saturated heterocycles. The number of hydrogen-bond acceptors (Lipinski definition) is 2. The van der Waals surface area contributed by atoms with Crippen LogP contribution in [0.15, 0.2) is 23.1 Å². The molecule has 0 bridgehead atoms. The van der Waals surface area contributed by atoms with Gasteiger partial charge in [0, 0.05) is 10.8 Å². The fourth-order valence-corrected chi connectivity index (χ4v) is 1.20. The van der Waals surface area contributed by atoms with E-state index in [9.17, 15) is 0 Å². The molecule has 1 aromatic carbocycles. The average Bonchev–Trinajstić information content (AvgIpc) is 2.05. The molecule has 11 heavy (non-hydrogen) atoms. The molecule has 0 heterocycles. The van der Waals surface area contributed by atoms with Crippen LogP contribution < -0.4 is 4.74 Å². The largest absolute Gasteiger partial charge is 0.496 e. The van der Waals surface area contributed by atoms with E-state index < -0.39 is 0 Å². The van der Waals surface area contributed by atoms with Crippen LogP contribution in [0.5, 0.6) is 5.75 Å². The molecule has 0 amide bonds. The van der Waals surface area contributed by atoms with Crippen molar-refractivity contribution in [1.29, 1.82) is 0 Å². The van der Waals surface area contributed by atoms with E-state index in [1.165, 1.54) is 0 Å². The molecule has 0 aliphatic carbocycles. The normalized spacial score (nSPS) is 9.73. The van der Waals surface area contributed by atoms with Gasteiger partial charge in [-0.1, -0.05) is 6.07 Å². The summed E-state index contributed by atoms with van der Waals surface area (Å²) in [4.78, 5) is 0.835. The first-order valence-corrected chi connectivity index (χ1v) is 4.18. The topological polar surface area (TPSA) is 9.23 Å². The molecular formula is C8H9ClOS. The second-order valence-corrected chi connectivity index (χ2v) is 2.89. The van der Waals surface area contributed by atoms with Crippen LogP contribution in [0.4, 0.5) is 0 Å². The number of hydrogen-bond donors (Lipinski definition) is 1. The number of thiol groups is 1. The highest BCUT2D eigenvalue weighted by Gasteiger charge is 1.98. The molecular weight excluding hydrogens is 180 g/mol. The molecule has 1 aromatic rings. The van der Waals surface area contributed by atoms with E-state index in [1.54, 1.807) is 7.11 Å². The number of benzene rings is 1. The predicted octanol–water partition coefficient (Wildman–Crippen LogP) is 2.72. The Bertz CT molecular complexity index is 250.